The number of rotatable bonds is 7. The van der Waals surface area contributed by atoms with Crippen LogP contribution in [0.3, 0.4) is 0 Å². The molecule has 0 N–H and O–H groups in total. The van der Waals surface area contributed by atoms with Crippen LogP contribution in [-0.2, 0) is 5.41 Å². The van der Waals surface area contributed by atoms with Crippen molar-refractivity contribution in [3.05, 3.63) is 41.6 Å². The average molecular weight is 285 g/mol. The van der Waals surface area contributed by atoms with E-state index < -0.39 is 0 Å². The fraction of sp³-hybridized carbons (Fsp3) is 0.526. The summed E-state index contributed by atoms with van der Waals surface area (Å²) in [6.07, 6.45) is 8.27. The zero-order chi connectivity index (χ0) is 14.4. The molecule has 0 aliphatic carbocycles. The zero-order valence-corrected chi connectivity index (χ0v) is 14.4. The van der Waals surface area contributed by atoms with E-state index in [1.807, 2.05) is 0 Å². The first-order valence-corrected chi connectivity index (χ1v) is 9.28. The molecule has 1 heteroatoms. The largest absolute Gasteiger partial charge is 0.0654 e. The van der Waals surface area contributed by atoms with Gasteiger partial charge in [-0.25, -0.2) is 0 Å². The fourth-order valence-corrected chi connectivity index (χ4v) is 4.55. The maximum absolute atomic E-state index is 2.44. The highest BCUT2D eigenvalue weighted by Crippen LogP contribution is 2.29. The lowest BCUT2D eigenvalue weighted by atomic mass is 9.85. The SMILES string of the molecule is CCCCCCCC(C)(C)c1ccc2ccccc2[siH]1. The van der Waals surface area contributed by atoms with Crippen LogP contribution in [0.15, 0.2) is 36.4 Å². The van der Waals surface area contributed by atoms with Gasteiger partial charge in [0.05, 0.1) is 0 Å². The highest BCUT2D eigenvalue weighted by Gasteiger charge is 2.19. The summed E-state index contributed by atoms with van der Waals surface area (Å²) in [6, 6.07) is 13.6. The van der Waals surface area contributed by atoms with Crippen LogP contribution in [0.25, 0.3) is 10.4 Å². The summed E-state index contributed by atoms with van der Waals surface area (Å²) < 4.78 is 0. The van der Waals surface area contributed by atoms with Gasteiger partial charge in [0.2, 0.25) is 0 Å². The van der Waals surface area contributed by atoms with Gasteiger partial charge < -0.3 is 0 Å². The van der Waals surface area contributed by atoms with E-state index in [0.717, 1.165) is 0 Å². The van der Waals surface area contributed by atoms with E-state index in [4.69, 9.17) is 0 Å². The lowest BCUT2D eigenvalue weighted by Crippen LogP contribution is -2.19. The molecule has 0 amide bonds. The summed E-state index contributed by atoms with van der Waals surface area (Å²) in [5.41, 5.74) is 0.381. The van der Waals surface area contributed by atoms with Crippen molar-refractivity contribution in [2.45, 2.75) is 64.7 Å². The number of unbranched alkanes of at least 4 members (excludes halogenated alkanes) is 4. The Bertz CT molecular complexity index is 542. The van der Waals surface area contributed by atoms with Crippen LogP contribution < -0.4 is 0 Å². The van der Waals surface area contributed by atoms with E-state index in [1.54, 1.807) is 10.2 Å². The second-order valence-electron chi connectivity index (χ2n) is 6.61. The minimum atomic E-state index is 0.305. The topological polar surface area (TPSA) is 0 Å². The third-order valence-corrected chi connectivity index (χ3v) is 6.56. The van der Waals surface area contributed by atoms with E-state index in [-0.39, 0.29) is 0 Å². The Labute approximate surface area is 126 Å². The van der Waals surface area contributed by atoms with Crippen LogP contribution in [0.4, 0.5) is 0 Å². The smallest absolute Gasteiger partial charge is 0.0347 e. The van der Waals surface area contributed by atoms with Gasteiger partial charge in [-0.05, 0) is 22.2 Å². The number of fused-ring (bicyclic) bond motifs is 1. The number of hydrogen-bond donors (Lipinski definition) is 0. The molecule has 0 radical (unpaired) electrons. The lowest BCUT2D eigenvalue weighted by molar-refractivity contribution is 0.450. The molecule has 0 bridgehead atoms. The first-order chi connectivity index (χ1) is 9.63. The van der Waals surface area contributed by atoms with Gasteiger partial charge in [-0.15, -0.1) is 0 Å². The van der Waals surface area contributed by atoms with E-state index >= 15 is 0 Å². The number of hydrogen-bond acceptors (Lipinski definition) is 0. The molecule has 0 aliphatic rings. The molecule has 0 fully saturated rings. The van der Waals surface area contributed by atoms with Gasteiger partial charge in [-0.1, -0.05) is 94.4 Å². The van der Waals surface area contributed by atoms with Gasteiger partial charge in [0.25, 0.3) is 0 Å². The molecule has 0 aliphatic heterocycles. The van der Waals surface area contributed by atoms with E-state index in [0.29, 0.717) is 14.5 Å². The average Bonchev–Trinajstić information content (AvgIpc) is 2.46. The Hall–Kier alpha value is -0.953. The summed E-state index contributed by atoms with van der Waals surface area (Å²) in [6.45, 7) is 7.16. The van der Waals surface area contributed by atoms with Crippen molar-refractivity contribution < 1.29 is 0 Å². The number of benzene rings is 1. The van der Waals surface area contributed by atoms with Gasteiger partial charge >= 0.3 is 0 Å². The molecular weight excluding hydrogens is 256 g/mol. The van der Waals surface area contributed by atoms with Crippen LogP contribution in [-0.4, -0.2) is 9.12 Å². The minimum absolute atomic E-state index is 0.305. The zero-order valence-electron chi connectivity index (χ0n) is 13.3. The Morgan fingerprint density at radius 2 is 1.65 bits per heavy atom. The monoisotopic (exact) mass is 284 g/mol. The summed E-state index contributed by atoms with van der Waals surface area (Å²) in [4.78, 5) is 1.57. The van der Waals surface area contributed by atoms with Crippen LogP contribution in [0.1, 0.15) is 64.5 Å². The molecule has 0 atom stereocenters. The van der Waals surface area contributed by atoms with Crippen molar-refractivity contribution in [1.82, 2.24) is 0 Å². The quantitative estimate of drug-likeness (QED) is 0.462. The second-order valence-corrected chi connectivity index (χ2v) is 8.14. The molecule has 0 unspecified atom stereocenters. The lowest BCUT2D eigenvalue weighted by Gasteiger charge is -2.26. The highest BCUT2D eigenvalue weighted by atomic mass is 28.2. The van der Waals surface area contributed by atoms with Crippen LogP contribution >= 0.6 is 0 Å². The normalized spacial score (nSPS) is 11.9. The molecule has 108 valence electrons. The Morgan fingerprint density at radius 3 is 2.45 bits per heavy atom. The molecular formula is C19H28Si. The van der Waals surface area contributed by atoms with Crippen molar-refractivity contribution in [2.24, 2.45) is 0 Å². The van der Waals surface area contributed by atoms with Crippen LogP contribution in [0.2, 0.25) is 0 Å². The maximum Gasteiger partial charge on any atom is 0.0347 e. The van der Waals surface area contributed by atoms with Crippen LogP contribution in [0.5, 0.6) is 0 Å². The molecule has 1 aromatic carbocycles. The van der Waals surface area contributed by atoms with E-state index in [1.165, 1.54) is 43.9 Å². The molecule has 0 nitrogen and oxygen atoms in total. The molecule has 0 saturated carbocycles. The third-order valence-electron chi connectivity index (χ3n) is 4.44. The maximum atomic E-state index is 2.44. The van der Waals surface area contributed by atoms with Crippen molar-refractivity contribution in [1.29, 1.82) is 0 Å². The van der Waals surface area contributed by atoms with Gasteiger partial charge in [-0.3, -0.25) is 0 Å². The fourth-order valence-electron chi connectivity index (χ4n) is 2.93. The Morgan fingerprint density at radius 1 is 0.900 bits per heavy atom. The van der Waals surface area contributed by atoms with Gasteiger partial charge in [0.15, 0.2) is 0 Å². The first-order valence-electron chi connectivity index (χ1n) is 8.13. The van der Waals surface area contributed by atoms with Gasteiger partial charge in [0, 0.05) is 9.12 Å². The summed E-state index contributed by atoms with van der Waals surface area (Å²) in [5, 5.41) is 3.12. The Balaban J connectivity index is 2.02. The van der Waals surface area contributed by atoms with Crippen molar-refractivity contribution >= 4 is 19.5 Å². The molecule has 20 heavy (non-hydrogen) atoms. The third kappa shape index (κ3) is 4.02. The highest BCUT2D eigenvalue weighted by molar-refractivity contribution is 6.49. The molecule has 0 saturated heterocycles. The standard InChI is InChI=1S/C19H28Si/c1-4-5-6-7-10-15-19(2,3)18-14-13-16-11-8-9-12-17(16)20-18/h8-9,11-14,20H,4-7,10,15H2,1-3H3. The molecule has 1 heterocycles. The predicted molar refractivity (Wildman–Crippen MR) is 93.1 cm³/mol. The second kappa shape index (κ2) is 7.17. The van der Waals surface area contributed by atoms with Crippen LogP contribution in [0, 0.1) is 0 Å². The predicted octanol–water partition coefficient (Wildman–Crippen LogP) is 5.55. The summed E-state index contributed by atoms with van der Waals surface area (Å²) in [5.74, 6) is 0. The van der Waals surface area contributed by atoms with Crippen molar-refractivity contribution in [3.8, 4) is 0 Å². The van der Waals surface area contributed by atoms with Crippen molar-refractivity contribution in [2.75, 3.05) is 0 Å². The van der Waals surface area contributed by atoms with Crippen molar-refractivity contribution in [3.63, 3.8) is 0 Å². The van der Waals surface area contributed by atoms with E-state index in [2.05, 4.69) is 57.2 Å². The Kier molecular flexibility index (Phi) is 5.53. The van der Waals surface area contributed by atoms with Gasteiger partial charge in [0.1, 0.15) is 0 Å². The van der Waals surface area contributed by atoms with Gasteiger partial charge in [-0.2, -0.15) is 0 Å². The minimum Gasteiger partial charge on any atom is -0.0654 e. The first kappa shape index (κ1) is 15.4. The summed E-state index contributed by atoms with van der Waals surface area (Å²) >= 11 is 0. The summed E-state index contributed by atoms with van der Waals surface area (Å²) in [7, 11) is 0.305. The molecule has 1 aromatic heterocycles. The van der Waals surface area contributed by atoms with E-state index in [9.17, 15) is 0 Å². The molecule has 0 spiro atoms. The molecule has 2 rings (SSSR count). The molecule has 2 aromatic rings.